The summed E-state index contributed by atoms with van der Waals surface area (Å²) in [6.07, 6.45) is 7.98. The summed E-state index contributed by atoms with van der Waals surface area (Å²) < 4.78 is 7.37. The molecule has 1 aliphatic heterocycles. The molecule has 0 aromatic carbocycles. The van der Waals surface area contributed by atoms with Crippen LogP contribution in [0.1, 0.15) is 48.9 Å². The molecule has 4 rings (SSSR count). The van der Waals surface area contributed by atoms with Crippen LogP contribution in [-0.2, 0) is 4.74 Å². The highest BCUT2D eigenvalue weighted by Gasteiger charge is 2.45. The summed E-state index contributed by atoms with van der Waals surface area (Å²) in [6, 6.07) is 3.40. The summed E-state index contributed by atoms with van der Waals surface area (Å²) in [4.78, 5) is 24.3. The van der Waals surface area contributed by atoms with E-state index in [0.29, 0.717) is 17.8 Å². The molecule has 7 nitrogen and oxygen atoms in total. The Labute approximate surface area is 133 Å². The van der Waals surface area contributed by atoms with E-state index in [-0.39, 0.29) is 23.2 Å². The zero-order valence-corrected chi connectivity index (χ0v) is 12.9. The minimum Gasteiger partial charge on any atom is -0.373 e. The highest BCUT2D eigenvalue weighted by molar-refractivity contribution is 5.99. The fraction of sp³-hybridized carbons (Fsp3) is 0.562. The minimum atomic E-state index is -0.345. The van der Waals surface area contributed by atoms with Crippen LogP contribution in [0.25, 0.3) is 5.65 Å². The fourth-order valence-electron chi connectivity index (χ4n) is 3.94. The molecule has 2 aromatic heterocycles. The molecule has 1 spiro atoms. The van der Waals surface area contributed by atoms with E-state index >= 15 is 0 Å². The lowest BCUT2D eigenvalue weighted by atomic mass is 9.79. The molecule has 0 bridgehead atoms. The van der Waals surface area contributed by atoms with Gasteiger partial charge in [0.05, 0.1) is 17.2 Å². The zero-order chi connectivity index (χ0) is 15.9. The number of carbonyl (C=O) groups excluding carboxylic acids is 1. The molecular formula is C16H20N4O3. The van der Waals surface area contributed by atoms with Crippen LogP contribution >= 0.6 is 0 Å². The van der Waals surface area contributed by atoms with Crippen LogP contribution in [0.4, 0.5) is 0 Å². The molecule has 1 amide bonds. The second kappa shape index (κ2) is 5.49. The maximum Gasteiger partial charge on any atom is 0.347 e. The molecule has 3 heterocycles. The van der Waals surface area contributed by atoms with Gasteiger partial charge in [0.15, 0.2) is 5.65 Å². The number of ether oxygens (including phenoxy) is 1. The molecule has 1 unspecified atom stereocenters. The monoisotopic (exact) mass is 316 g/mol. The van der Waals surface area contributed by atoms with Gasteiger partial charge in [0.25, 0.3) is 5.91 Å². The van der Waals surface area contributed by atoms with Crippen molar-refractivity contribution in [2.24, 2.45) is 0 Å². The van der Waals surface area contributed by atoms with Gasteiger partial charge in [-0.15, -0.1) is 0 Å². The van der Waals surface area contributed by atoms with Gasteiger partial charge in [-0.3, -0.25) is 4.79 Å². The smallest absolute Gasteiger partial charge is 0.347 e. The molecule has 1 aliphatic carbocycles. The van der Waals surface area contributed by atoms with Crippen LogP contribution in [0, 0.1) is 0 Å². The van der Waals surface area contributed by atoms with Crippen molar-refractivity contribution in [2.75, 3.05) is 6.61 Å². The van der Waals surface area contributed by atoms with E-state index in [2.05, 4.69) is 15.5 Å². The number of hydrogen-bond donors (Lipinski definition) is 2. The number of aromatic nitrogens is 3. The molecule has 7 heteroatoms. The molecule has 2 N–H and O–H groups in total. The first-order valence-corrected chi connectivity index (χ1v) is 8.20. The Hall–Kier alpha value is -2.15. The highest BCUT2D eigenvalue weighted by Crippen LogP contribution is 2.39. The molecule has 0 radical (unpaired) electrons. The first kappa shape index (κ1) is 14.4. The van der Waals surface area contributed by atoms with E-state index in [4.69, 9.17) is 4.74 Å². The third kappa shape index (κ3) is 2.35. The predicted molar refractivity (Wildman–Crippen MR) is 83.5 cm³/mol. The van der Waals surface area contributed by atoms with Gasteiger partial charge in [0.1, 0.15) is 0 Å². The normalized spacial score (nSPS) is 23.4. The highest BCUT2D eigenvalue weighted by atomic mass is 16.5. The van der Waals surface area contributed by atoms with Crippen molar-refractivity contribution in [1.29, 1.82) is 0 Å². The molecule has 2 fully saturated rings. The van der Waals surface area contributed by atoms with E-state index in [0.717, 1.165) is 32.1 Å². The average molecular weight is 316 g/mol. The Morgan fingerprint density at radius 2 is 2.22 bits per heavy atom. The van der Waals surface area contributed by atoms with Crippen LogP contribution in [0.2, 0.25) is 0 Å². The number of amides is 1. The molecule has 2 aromatic rings. The Morgan fingerprint density at radius 3 is 3.04 bits per heavy atom. The number of H-pyrrole nitrogens is 1. The van der Waals surface area contributed by atoms with Gasteiger partial charge in [-0.05, 0) is 31.4 Å². The Balaban J connectivity index is 1.60. The van der Waals surface area contributed by atoms with Crippen molar-refractivity contribution in [3.05, 3.63) is 34.4 Å². The number of rotatable bonds is 2. The summed E-state index contributed by atoms with van der Waals surface area (Å²) in [7, 11) is 0. The summed E-state index contributed by atoms with van der Waals surface area (Å²) in [5.74, 6) is -0.199. The number of carbonyl (C=O) groups is 1. The van der Waals surface area contributed by atoms with Crippen molar-refractivity contribution >= 4 is 11.6 Å². The number of aromatic amines is 1. The zero-order valence-electron chi connectivity index (χ0n) is 12.9. The number of hydrogen-bond acceptors (Lipinski definition) is 4. The lowest BCUT2D eigenvalue weighted by Gasteiger charge is -2.38. The van der Waals surface area contributed by atoms with Crippen LogP contribution in [0.3, 0.4) is 0 Å². The SMILES string of the molecule is O=C(NC1CCOC12CCCCC2)c1cccn2c(=O)[nH]nc12. The largest absolute Gasteiger partial charge is 0.373 e. The molecule has 1 saturated heterocycles. The number of nitrogens with one attached hydrogen (secondary N) is 2. The molecule has 122 valence electrons. The van der Waals surface area contributed by atoms with Crippen LogP contribution in [0.5, 0.6) is 0 Å². The van der Waals surface area contributed by atoms with E-state index in [9.17, 15) is 9.59 Å². The fourth-order valence-corrected chi connectivity index (χ4v) is 3.94. The van der Waals surface area contributed by atoms with Crippen LogP contribution in [-0.4, -0.2) is 38.8 Å². The summed E-state index contributed by atoms with van der Waals surface area (Å²) in [5, 5.41) is 9.45. The molecular weight excluding hydrogens is 296 g/mol. The molecule has 1 saturated carbocycles. The van der Waals surface area contributed by atoms with Crippen molar-refractivity contribution in [3.8, 4) is 0 Å². The van der Waals surface area contributed by atoms with E-state index in [1.54, 1.807) is 18.3 Å². The third-order valence-corrected chi connectivity index (χ3v) is 5.12. The summed E-state index contributed by atoms with van der Waals surface area (Å²) >= 11 is 0. The van der Waals surface area contributed by atoms with E-state index in [1.165, 1.54) is 10.8 Å². The first-order valence-electron chi connectivity index (χ1n) is 8.20. The van der Waals surface area contributed by atoms with Crippen molar-refractivity contribution in [2.45, 2.75) is 50.2 Å². The Kier molecular flexibility index (Phi) is 3.45. The number of fused-ring (bicyclic) bond motifs is 1. The lowest BCUT2D eigenvalue weighted by Crippen LogP contribution is -2.51. The molecule has 2 aliphatic rings. The maximum absolute atomic E-state index is 12.7. The second-order valence-corrected chi connectivity index (χ2v) is 6.43. The molecule has 23 heavy (non-hydrogen) atoms. The van der Waals surface area contributed by atoms with Gasteiger partial charge < -0.3 is 10.1 Å². The van der Waals surface area contributed by atoms with Gasteiger partial charge >= 0.3 is 5.69 Å². The first-order chi connectivity index (χ1) is 11.2. The maximum atomic E-state index is 12.7. The van der Waals surface area contributed by atoms with Gasteiger partial charge in [0, 0.05) is 12.8 Å². The Morgan fingerprint density at radius 1 is 1.39 bits per heavy atom. The lowest BCUT2D eigenvalue weighted by molar-refractivity contribution is -0.0375. The van der Waals surface area contributed by atoms with Crippen LogP contribution < -0.4 is 11.0 Å². The van der Waals surface area contributed by atoms with Gasteiger partial charge in [-0.2, -0.15) is 5.10 Å². The van der Waals surface area contributed by atoms with Crippen molar-refractivity contribution < 1.29 is 9.53 Å². The molecule has 1 atom stereocenters. The summed E-state index contributed by atoms with van der Waals surface area (Å²) in [6.45, 7) is 0.691. The second-order valence-electron chi connectivity index (χ2n) is 6.43. The van der Waals surface area contributed by atoms with Gasteiger partial charge in [-0.25, -0.2) is 14.3 Å². The topological polar surface area (TPSA) is 88.5 Å². The van der Waals surface area contributed by atoms with Gasteiger partial charge in [0.2, 0.25) is 0 Å². The van der Waals surface area contributed by atoms with E-state index < -0.39 is 0 Å². The standard InChI is InChI=1S/C16H20N4O3/c21-14(11-5-4-9-20-13(11)18-19-15(20)22)17-12-6-10-23-16(12)7-2-1-3-8-16/h4-5,9,12H,1-3,6-8,10H2,(H,17,21)(H,19,22). The quantitative estimate of drug-likeness (QED) is 0.872. The average Bonchev–Trinajstić information content (AvgIpc) is 3.13. The van der Waals surface area contributed by atoms with E-state index in [1.807, 2.05) is 0 Å². The Bertz CT molecular complexity index is 788. The van der Waals surface area contributed by atoms with Crippen molar-refractivity contribution in [3.63, 3.8) is 0 Å². The minimum absolute atomic E-state index is 0.0289. The predicted octanol–water partition coefficient (Wildman–Crippen LogP) is 1.24. The third-order valence-electron chi connectivity index (χ3n) is 5.12. The summed E-state index contributed by atoms with van der Waals surface area (Å²) in [5.41, 5.74) is 0.211. The number of pyridine rings is 1. The van der Waals surface area contributed by atoms with Crippen molar-refractivity contribution in [1.82, 2.24) is 19.9 Å². The van der Waals surface area contributed by atoms with Gasteiger partial charge in [-0.1, -0.05) is 19.3 Å². The number of nitrogens with zero attached hydrogens (tertiary/aromatic N) is 2. The van der Waals surface area contributed by atoms with Crippen LogP contribution in [0.15, 0.2) is 23.1 Å².